The molecule has 2 nitrogen and oxygen atoms in total. The molecule has 0 aliphatic rings. The summed E-state index contributed by atoms with van der Waals surface area (Å²) in [5.74, 6) is 0. The van der Waals surface area contributed by atoms with Crippen molar-refractivity contribution in [2.45, 2.75) is 0 Å². The third-order valence-electron chi connectivity index (χ3n) is 0.892. The average Bonchev–Trinajstić information content (AvgIpc) is 1.90. The molecular formula is C6H6NO-. The summed E-state index contributed by atoms with van der Waals surface area (Å²) < 4.78 is 0. The van der Waals surface area contributed by atoms with E-state index in [0.717, 1.165) is 0 Å². The zero-order valence-electron chi connectivity index (χ0n) is 4.29. The van der Waals surface area contributed by atoms with Crippen molar-refractivity contribution in [1.29, 1.82) is 0 Å². The lowest BCUT2D eigenvalue weighted by Crippen LogP contribution is -1.80. The van der Waals surface area contributed by atoms with Crippen LogP contribution in [0.4, 0.5) is 5.69 Å². The molecule has 1 aromatic carbocycles. The van der Waals surface area contributed by atoms with Gasteiger partial charge in [0, 0.05) is 5.69 Å². The van der Waals surface area contributed by atoms with Crippen LogP contribution in [0.15, 0.2) is 30.3 Å². The summed E-state index contributed by atoms with van der Waals surface area (Å²) in [6.45, 7) is 0. The fraction of sp³-hybridized carbons (Fsp3) is 0. The Labute approximate surface area is 47.7 Å². The first-order valence-corrected chi connectivity index (χ1v) is 2.36. The van der Waals surface area contributed by atoms with E-state index >= 15 is 0 Å². The minimum Gasteiger partial charge on any atom is -0.761 e. The number of para-hydroxylation sites is 1. The van der Waals surface area contributed by atoms with E-state index in [4.69, 9.17) is 0 Å². The van der Waals surface area contributed by atoms with Gasteiger partial charge in [-0.1, -0.05) is 18.2 Å². The van der Waals surface area contributed by atoms with Crippen molar-refractivity contribution in [1.82, 2.24) is 0 Å². The summed E-state index contributed by atoms with van der Waals surface area (Å²) in [5.41, 5.74) is 2.38. The number of nitrogens with one attached hydrogen (secondary N) is 1. The van der Waals surface area contributed by atoms with Gasteiger partial charge in [0.1, 0.15) is 0 Å². The minimum atomic E-state index is 0.604. The van der Waals surface area contributed by atoms with Crippen molar-refractivity contribution in [2.24, 2.45) is 0 Å². The summed E-state index contributed by atoms with van der Waals surface area (Å²) in [7, 11) is 0. The molecule has 0 atom stereocenters. The fourth-order valence-corrected chi connectivity index (χ4v) is 0.506. The highest BCUT2D eigenvalue weighted by Crippen LogP contribution is 2.01. The van der Waals surface area contributed by atoms with Gasteiger partial charge >= 0.3 is 0 Å². The molecule has 0 fully saturated rings. The van der Waals surface area contributed by atoms with E-state index in [-0.39, 0.29) is 0 Å². The van der Waals surface area contributed by atoms with Gasteiger partial charge in [0.2, 0.25) is 0 Å². The molecule has 0 saturated carbocycles. The molecule has 0 spiro atoms. The van der Waals surface area contributed by atoms with Crippen LogP contribution >= 0.6 is 0 Å². The highest BCUT2D eigenvalue weighted by atomic mass is 16.5. The SMILES string of the molecule is [O-]Nc1ccccc1. The van der Waals surface area contributed by atoms with Gasteiger partial charge in [-0.15, -0.1) is 0 Å². The maximum atomic E-state index is 9.88. The van der Waals surface area contributed by atoms with Crippen LogP contribution in [0, 0.1) is 5.21 Å². The Morgan fingerprint density at radius 3 is 2.12 bits per heavy atom. The van der Waals surface area contributed by atoms with Gasteiger partial charge in [-0.25, -0.2) is 0 Å². The zero-order chi connectivity index (χ0) is 5.82. The first-order valence-electron chi connectivity index (χ1n) is 2.36. The minimum absolute atomic E-state index is 0.604. The molecule has 8 heavy (non-hydrogen) atoms. The first kappa shape index (κ1) is 5.12. The summed E-state index contributed by atoms with van der Waals surface area (Å²) in [5, 5.41) is 9.88. The molecule has 42 valence electrons. The highest BCUT2D eigenvalue weighted by Gasteiger charge is 1.74. The fourth-order valence-electron chi connectivity index (χ4n) is 0.506. The van der Waals surface area contributed by atoms with E-state index in [0.29, 0.717) is 5.69 Å². The van der Waals surface area contributed by atoms with E-state index in [1.807, 2.05) is 6.07 Å². The Hall–Kier alpha value is -1.02. The zero-order valence-corrected chi connectivity index (χ0v) is 4.29. The molecule has 0 heterocycles. The van der Waals surface area contributed by atoms with E-state index in [2.05, 4.69) is 0 Å². The molecule has 0 aromatic heterocycles. The summed E-state index contributed by atoms with van der Waals surface area (Å²) in [6, 6.07) is 8.90. The highest BCUT2D eigenvalue weighted by molar-refractivity contribution is 5.42. The Bertz CT molecular complexity index is 150. The number of benzene rings is 1. The molecule has 1 rings (SSSR count). The van der Waals surface area contributed by atoms with Crippen LogP contribution in [0.3, 0.4) is 0 Å². The monoisotopic (exact) mass is 108 g/mol. The quantitative estimate of drug-likeness (QED) is 0.554. The molecule has 0 amide bonds. The summed E-state index contributed by atoms with van der Waals surface area (Å²) in [4.78, 5) is 0. The van der Waals surface area contributed by atoms with Crippen LogP contribution in [0.2, 0.25) is 0 Å². The van der Waals surface area contributed by atoms with Crippen molar-refractivity contribution in [3.05, 3.63) is 35.5 Å². The predicted octanol–water partition coefficient (Wildman–Crippen LogP) is 1.60. The molecule has 1 N–H and O–H groups in total. The second-order valence-corrected chi connectivity index (χ2v) is 1.47. The van der Waals surface area contributed by atoms with E-state index < -0.39 is 0 Å². The van der Waals surface area contributed by atoms with Gasteiger partial charge in [-0.3, -0.25) is 0 Å². The Morgan fingerprint density at radius 2 is 1.75 bits per heavy atom. The van der Waals surface area contributed by atoms with Gasteiger partial charge in [0.15, 0.2) is 0 Å². The molecular weight excluding hydrogens is 102 g/mol. The van der Waals surface area contributed by atoms with Crippen LogP contribution in [0.25, 0.3) is 0 Å². The normalized spacial score (nSPS) is 8.62. The van der Waals surface area contributed by atoms with Gasteiger partial charge in [-0.05, 0) is 12.1 Å². The van der Waals surface area contributed by atoms with Gasteiger partial charge in [0.25, 0.3) is 0 Å². The van der Waals surface area contributed by atoms with Crippen LogP contribution in [0.5, 0.6) is 0 Å². The Balaban J connectivity index is 2.83. The molecule has 0 aliphatic heterocycles. The Morgan fingerprint density at radius 1 is 1.12 bits per heavy atom. The van der Waals surface area contributed by atoms with E-state index in [1.54, 1.807) is 29.7 Å². The van der Waals surface area contributed by atoms with Crippen LogP contribution in [-0.2, 0) is 0 Å². The van der Waals surface area contributed by atoms with E-state index in [9.17, 15) is 5.21 Å². The third kappa shape index (κ3) is 0.978. The lowest BCUT2D eigenvalue weighted by Gasteiger charge is -2.06. The molecule has 0 aliphatic carbocycles. The molecule has 2 heteroatoms. The number of anilines is 1. The van der Waals surface area contributed by atoms with Gasteiger partial charge < -0.3 is 10.7 Å². The summed E-state index contributed by atoms with van der Waals surface area (Å²) in [6.07, 6.45) is 0. The standard InChI is InChI=1S/C6H6NO/c8-7-6-4-2-1-3-5-6/h1-5,7H/q-1. The summed E-state index contributed by atoms with van der Waals surface area (Å²) >= 11 is 0. The lowest BCUT2D eigenvalue weighted by atomic mass is 10.3. The van der Waals surface area contributed by atoms with E-state index in [1.165, 1.54) is 0 Å². The van der Waals surface area contributed by atoms with Crippen LogP contribution in [0.1, 0.15) is 0 Å². The number of hydrogen-bond acceptors (Lipinski definition) is 2. The molecule has 1 aromatic rings. The smallest absolute Gasteiger partial charge is 0.0233 e. The largest absolute Gasteiger partial charge is 0.761 e. The van der Waals surface area contributed by atoms with Crippen molar-refractivity contribution in [3.63, 3.8) is 0 Å². The van der Waals surface area contributed by atoms with Crippen molar-refractivity contribution >= 4 is 5.69 Å². The Kier molecular flexibility index (Phi) is 1.49. The average molecular weight is 108 g/mol. The molecule has 0 unspecified atom stereocenters. The van der Waals surface area contributed by atoms with Gasteiger partial charge in [-0.2, -0.15) is 0 Å². The van der Waals surface area contributed by atoms with Crippen molar-refractivity contribution < 1.29 is 0 Å². The third-order valence-corrected chi connectivity index (χ3v) is 0.892. The second-order valence-electron chi connectivity index (χ2n) is 1.47. The maximum absolute atomic E-state index is 9.88. The lowest BCUT2D eigenvalue weighted by molar-refractivity contribution is 1.61. The first-order chi connectivity index (χ1) is 3.93. The van der Waals surface area contributed by atoms with Crippen LogP contribution in [-0.4, -0.2) is 0 Å². The second kappa shape index (κ2) is 2.33. The predicted molar refractivity (Wildman–Crippen MR) is 33.4 cm³/mol. The van der Waals surface area contributed by atoms with Gasteiger partial charge in [0.05, 0.1) is 0 Å². The van der Waals surface area contributed by atoms with Crippen LogP contribution < -0.4 is 5.48 Å². The molecule has 0 saturated heterocycles. The van der Waals surface area contributed by atoms with Crippen molar-refractivity contribution in [3.8, 4) is 0 Å². The topological polar surface area (TPSA) is 35.1 Å². The molecule has 0 radical (unpaired) electrons. The number of rotatable bonds is 1. The van der Waals surface area contributed by atoms with Crippen molar-refractivity contribution in [2.75, 3.05) is 5.48 Å². The molecule has 0 bridgehead atoms. The maximum Gasteiger partial charge on any atom is 0.0233 e. The number of hydrogen-bond donors (Lipinski definition) is 1.